The van der Waals surface area contributed by atoms with Crippen molar-refractivity contribution in [3.63, 3.8) is 0 Å². The van der Waals surface area contributed by atoms with E-state index in [1.54, 1.807) is 24.3 Å². The lowest BCUT2D eigenvalue weighted by atomic mass is 9.95. The van der Waals surface area contributed by atoms with Crippen molar-refractivity contribution in [2.24, 2.45) is 0 Å². The van der Waals surface area contributed by atoms with E-state index in [1.165, 1.54) is 10.8 Å². The minimum Gasteiger partial charge on any atom is -0.478 e. The van der Waals surface area contributed by atoms with E-state index in [1.807, 2.05) is 42.5 Å². The minimum atomic E-state index is -0.950. The van der Waals surface area contributed by atoms with Crippen molar-refractivity contribution < 1.29 is 14.4 Å². The van der Waals surface area contributed by atoms with Crippen LogP contribution in [0.15, 0.2) is 95.5 Å². The van der Waals surface area contributed by atoms with E-state index in [2.05, 4.69) is 46.6 Å². The molecule has 6 nitrogen and oxygen atoms in total. The highest BCUT2D eigenvalue weighted by molar-refractivity contribution is 5.88. The van der Waals surface area contributed by atoms with Crippen molar-refractivity contribution >= 4 is 28.1 Å². The van der Waals surface area contributed by atoms with Gasteiger partial charge in [-0.25, -0.2) is 4.79 Å². The Morgan fingerprint density at radius 1 is 0.909 bits per heavy atom. The summed E-state index contributed by atoms with van der Waals surface area (Å²) in [5.74, 6) is 0.0755. The minimum absolute atomic E-state index is 0.0496. The van der Waals surface area contributed by atoms with Crippen LogP contribution in [-0.2, 0) is 0 Å². The zero-order valence-electron chi connectivity index (χ0n) is 17.9. The number of rotatable bonds is 6. The van der Waals surface area contributed by atoms with Gasteiger partial charge in [0.2, 0.25) is 11.7 Å². The number of aromatic carboxylic acids is 1. The lowest BCUT2D eigenvalue weighted by Gasteiger charge is -2.10. The van der Waals surface area contributed by atoms with Crippen molar-refractivity contribution in [1.82, 2.24) is 10.1 Å². The molecule has 0 saturated heterocycles. The molecule has 2 N–H and O–H groups in total. The fourth-order valence-electron chi connectivity index (χ4n) is 3.89. The molecule has 1 unspecified atom stereocenters. The number of hydrogen-bond acceptors (Lipinski definition) is 5. The van der Waals surface area contributed by atoms with Gasteiger partial charge >= 0.3 is 5.97 Å². The number of nitrogens with zero attached hydrogens (tertiary/aromatic N) is 2. The van der Waals surface area contributed by atoms with Crippen molar-refractivity contribution in [2.45, 2.75) is 12.8 Å². The number of hydrogen-bond donors (Lipinski definition) is 2. The molecule has 33 heavy (non-hydrogen) atoms. The smallest absolute Gasteiger partial charge is 0.335 e. The maximum atomic E-state index is 11.0. The SMILES string of the molecule is CC(c1nc(-c2cccc(Nc3ccc(C(=O)O)cc3)c2)no1)c1cccc2ccccc12. The molecule has 1 atom stereocenters. The molecule has 1 aromatic heterocycles. The summed E-state index contributed by atoms with van der Waals surface area (Å²) < 4.78 is 5.64. The van der Waals surface area contributed by atoms with Crippen LogP contribution in [0.5, 0.6) is 0 Å². The summed E-state index contributed by atoms with van der Waals surface area (Å²) in [7, 11) is 0. The van der Waals surface area contributed by atoms with Crippen molar-refractivity contribution in [1.29, 1.82) is 0 Å². The average Bonchev–Trinajstić information content (AvgIpc) is 3.34. The molecule has 162 valence electrons. The molecule has 6 heteroatoms. The van der Waals surface area contributed by atoms with Crippen LogP contribution in [0.4, 0.5) is 11.4 Å². The van der Waals surface area contributed by atoms with E-state index in [4.69, 9.17) is 9.63 Å². The molecule has 0 aliphatic rings. The quantitative estimate of drug-likeness (QED) is 0.317. The second-order valence-electron chi connectivity index (χ2n) is 7.83. The molecule has 1 heterocycles. The van der Waals surface area contributed by atoms with Gasteiger partial charge in [0.15, 0.2) is 0 Å². The number of carboxylic acid groups (broad SMARTS) is 1. The van der Waals surface area contributed by atoms with Gasteiger partial charge in [-0.2, -0.15) is 4.98 Å². The highest BCUT2D eigenvalue weighted by Gasteiger charge is 2.19. The van der Waals surface area contributed by atoms with Crippen molar-refractivity contribution in [3.8, 4) is 11.4 Å². The van der Waals surface area contributed by atoms with Crippen LogP contribution >= 0.6 is 0 Å². The van der Waals surface area contributed by atoms with Crippen molar-refractivity contribution in [3.05, 3.63) is 108 Å². The first kappa shape index (κ1) is 20.5. The van der Waals surface area contributed by atoms with Gasteiger partial charge in [0.1, 0.15) is 0 Å². The van der Waals surface area contributed by atoms with E-state index >= 15 is 0 Å². The summed E-state index contributed by atoms with van der Waals surface area (Å²) in [6, 6.07) is 28.8. The van der Waals surface area contributed by atoms with Gasteiger partial charge in [0.25, 0.3) is 0 Å². The Balaban J connectivity index is 1.39. The number of benzene rings is 4. The number of carboxylic acids is 1. The molecule has 0 spiro atoms. The van der Waals surface area contributed by atoms with Crippen LogP contribution in [0.2, 0.25) is 0 Å². The van der Waals surface area contributed by atoms with E-state index in [9.17, 15) is 4.79 Å². The Labute approximate surface area is 190 Å². The molecule has 0 aliphatic heterocycles. The van der Waals surface area contributed by atoms with E-state index in [0.29, 0.717) is 11.7 Å². The average molecular weight is 435 g/mol. The summed E-state index contributed by atoms with van der Waals surface area (Å²) in [5.41, 5.74) is 3.83. The molecule has 4 aromatic carbocycles. The zero-order valence-corrected chi connectivity index (χ0v) is 17.9. The summed E-state index contributed by atoms with van der Waals surface area (Å²) in [6.07, 6.45) is 0. The predicted octanol–water partition coefficient (Wildman–Crippen LogP) is 6.48. The third-order valence-electron chi connectivity index (χ3n) is 5.64. The van der Waals surface area contributed by atoms with Crippen LogP contribution < -0.4 is 5.32 Å². The molecule has 0 amide bonds. The van der Waals surface area contributed by atoms with Crippen LogP contribution in [0.25, 0.3) is 22.2 Å². The Kier molecular flexibility index (Phi) is 5.32. The number of anilines is 2. The third-order valence-corrected chi connectivity index (χ3v) is 5.64. The Morgan fingerprint density at radius 3 is 2.48 bits per heavy atom. The molecular weight excluding hydrogens is 414 g/mol. The Hall–Kier alpha value is -4.45. The Morgan fingerprint density at radius 2 is 1.67 bits per heavy atom. The predicted molar refractivity (Wildman–Crippen MR) is 128 cm³/mol. The lowest BCUT2D eigenvalue weighted by molar-refractivity contribution is 0.0697. The molecule has 5 aromatic rings. The molecule has 0 bridgehead atoms. The second kappa shape index (κ2) is 8.59. The van der Waals surface area contributed by atoms with Crippen LogP contribution in [-0.4, -0.2) is 21.2 Å². The monoisotopic (exact) mass is 435 g/mol. The highest BCUT2D eigenvalue weighted by Crippen LogP contribution is 2.31. The van der Waals surface area contributed by atoms with E-state index in [-0.39, 0.29) is 11.5 Å². The fourth-order valence-corrected chi connectivity index (χ4v) is 3.89. The van der Waals surface area contributed by atoms with Gasteiger partial charge in [0, 0.05) is 16.9 Å². The van der Waals surface area contributed by atoms with Gasteiger partial charge < -0.3 is 14.9 Å². The van der Waals surface area contributed by atoms with Crippen molar-refractivity contribution in [2.75, 3.05) is 5.32 Å². The maximum absolute atomic E-state index is 11.0. The maximum Gasteiger partial charge on any atom is 0.335 e. The standard InChI is InChI=1S/C27H21N3O3/c1-17(23-11-5-7-18-6-2-3-10-24(18)23)26-29-25(30-33-26)20-8-4-9-22(16-20)28-21-14-12-19(13-15-21)27(31)32/h2-17,28H,1H3,(H,31,32). The first-order chi connectivity index (χ1) is 16.1. The number of aromatic nitrogens is 2. The molecule has 0 aliphatic carbocycles. The second-order valence-corrected chi connectivity index (χ2v) is 7.83. The molecule has 5 rings (SSSR count). The van der Waals surface area contributed by atoms with Crippen LogP contribution in [0.3, 0.4) is 0 Å². The zero-order chi connectivity index (χ0) is 22.8. The molecule has 0 fully saturated rings. The van der Waals surface area contributed by atoms with E-state index in [0.717, 1.165) is 22.5 Å². The fraction of sp³-hybridized carbons (Fsp3) is 0.0741. The first-order valence-electron chi connectivity index (χ1n) is 10.6. The third kappa shape index (κ3) is 4.19. The van der Waals surface area contributed by atoms with E-state index < -0.39 is 5.97 Å². The molecule has 0 saturated carbocycles. The summed E-state index contributed by atoms with van der Waals surface area (Å²) in [6.45, 7) is 2.07. The number of nitrogens with one attached hydrogen (secondary N) is 1. The molecular formula is C27H21N3O3. The molecule has 0 radical (unpaired) electrons. The lowest BCUT2D eigenvalue weighted by Crippen LogP contribution is -1.98. The van der Waals surface area contributed by atoms with Crippen LogP contribution in [0.1, 0.15) is 34.7 Å². The normalized spacial score (nSPS) is 11.9. The van der Waals surface area contributed by atoms with Gasteiger partial charge in [-0.15, -0.1) is 0 Å². The summed E-state index contributed by atoms with van der Waals surface area (Å²) >= 11 is 0. The van der Waals surface area contributed by atoms with Gasteiger partial charge in [-0.3, -0.25) is 0 Å². The van der Waals surface area contributed by atoms with Gasteiger partial charge in [0.05, 0.1) is 11.5 Å². The van der Waals surface area contributed by atoms with Crippen LogP contribution in [0, 0.1) is 0 Å². The van der Waals surface area contributed by atoms with Gasteiger partial charge in [-0.05, 0) is 59.7 Å². The summed E-state index contributed by atoms with van der Waals surface area (Å²) in [4.78, 5) is 15.7. The first-order valence-corrected chi connectivity index (χ1v) is 10.6. The highest BCUT2D eigenvalue weighted by atomic mass is 16.5. The number of fused-ring (bicyclic) bond motifs is 1. The number of carbonyl (C=O) groups is 1. The Bertz CT molecular complexity index is 1440. The largest absolute Gasteiger partial charge is 0.478 e. The summed E-state index contributed by atoms with van der Waals surface area (Å²) in [5, 5.41) is 18.9. The topological polar surface area (TPSA) is 88.2 Å². The van der Waals surface area contributed by atoms with Gasteiger partial charge in [-0.1, -0.05) is 59.8 Å².